The minimum Gasteiger partial charge on any atom is -0.371 e. The molecule has 1 aliphatic rings. The summed E-state index contributed by atoms with van der Waals surface area (Å²) in [5.41, 5.74) is 1.03. The van der Waals surface area contributed by atoms with Gasteiger partial charge in [0, 0.05) is 18.8 Å². The van der Waals surface area contributed by atoms with E-state index in [9.17, 15) is 4.39 Å². The van der Waals surface area contributed by atoms with Crippen molar-refractivity contribution >= 4 is 17.3 Å². The summed E-state index contributed by atoms with van der Waals surface area (Å²) in [6.07, 6.45) is 2.36. The van der Waals surface area contributed by atoms with Crippen LogP contribution in [0.15, 0.2) is 18.2 Å². The van der Waals surface area contributed by atoms with Crippen molar-refractivity contribution in [3.05, 3.63) is 29.0 Å². The van der Waals surface area contributed by atoms with Gasteiger partial charge in [0.1, 0.15) is 5.82 Å². The van der Waals surface area contributed by atoms with Crippen molar-refractivity contribution in [2.45, 2.75) is 19.8 Å². The molecule has 4 heteroatoms. The van der Waals surface area contributed by atoms with Gasteiger partial charge in [-0.1, -0.05) is 18.5 Å². The smallest absolute Gasteiger partial charge is 0.141 e. The SMILES string of the molecule is CCCNCC1CCN(c2ccc(F)c(Cl)c2)C1. The summed E-state index contributed by atoms with van der Waals surface area (Å²) in [5.74, 6) is 0.334. The van der Waals surface area contributed by atoms with Crippen LogP contribution in [0.4, 0.5) is 10.1 Å². The minimum atomic E-state index is -0.347. The zero-order valence-electron chi connectivity index (χ0n) is 10.8. The second-order valence-electron chi connectivity index (χ2n) is 4.90. The Labute approximate surface area is 113 Å². The number of nitrogens with one attached hydrogen (secondary N) is 1. The van der Waals surface area contributed by atoms with Gasteiger partial charge in [-0.15, -0.1) is 0 Å². The van der Waals surface area contributed by atoms with Crippen LogP contribution in [0.2, 0.25) is 5.02 Å². The largest absolute Gasteiger partial charge is 0.371 e. The molecule has 2 nitrogen and oxygen atoms in total. The zero-order valence-corrected chi connectivity index (χ0v) is 11.5. The molecule has 0 bridgehead atoms. The number of anilines is 1. The van der Waals surface area contributed by atoms with Crippen LogP contribution in [0.3, 0.4) is 0 Å². The number of benzene rings is 1. The molecule has 1 aromatic rings. The molecule has 100 valence electrons. The van der Waals surface area contributed by atoms with E-state index >= 15 is 0 Å². The van der Waals surface area contributed by atoms with Crippen LogP contribution in [0, 0.1) is 11.7 Å². The number of halogens is 2. The highest BCUT2D eigenvalue weighted by Crippen LogP contribution is 2.27. The molecule has 1 unspecified atom stereocenters. The van der Waals surface area contributed by atoms with E-state index in [0.29, 0.717) is 5.92 Å². The van der Waals surface area contributed by atoms with Gasteiger partial charge in [0.2, 0.25) is 0 Å². The molecule has 1 heterocycles. The van der Waals surface area contributed by atoms with Crippen LogP contribution in [-0.4, -0.2) is 26.2 Å². The van der Waals surface area contributed by atoms with E-state index < -0.39 is 0 Å². The fourth-order valence-electron chi connectivity index (χ4n) is 2.40. The van der Waals surface area contributed by atoms with Gasteiger partial charge in [0.05, 0.1) is 5.02 Å². The highest BCUT2D eigenvalue weighted by atomic mass is 35.5. The standard InChI is InChI=1S/C14H20ClFN2/c1-2-6-17-9-11-5-7-18(10-11)12-3-4-14(16)13(15)8-12/h3-4,8,11,17H,2,5-7,9-10H2,1H3. The van der Waals surface area contributed by atoms with Crippen molar-refractivity contribution in [2.75, 3.05) is 31.1 Å². The van der Waals surface area contributed by atoms with Crippen LogP contribution in [0.5, 0.6) is 0 Å². The van der Waals surface area contributed by atoms with Gasteiger partial charge in [-0.2, -0.15) is 0 Å². The van der Waals surface area contributed by atoms with Crippen molar-refractivity contribution in [2.24, 2.45) is 5.92 Å². The van der Waals surface area contributed by atoms with E-state index in [1.165, 1.54) is 18.9 Å². The highest BCUT2D eigenvalue weighted by molar-refractivity contribution is 6.31. The molecule has 0 aromatic heterocycles. The highest BCUT2D eigenvalue weighted by Gasteiger charge is 2.22. The summed E-state index contributed by atoms with van der Waals surface area (Å²) in [6, 6.07) is 4.97. The molecule has 0 aliphatic carbocycles. The average Bonchev–Trinajstić information content (AvgIpc) is 2.82. The number of hydrogen-bond acceptors (Lipinski definition) is 2. The van der Waals surface area contributed by atoms with Crippen LogP contribution in [0.25, 0.3) is 0 Å². The Kier molecular flexibility index (Phi) is 4.84. The van der Waals surface area contributed by atoms with Gasteiger partial charge in [0.25, 0.3) is 0 Å². The third-order valence-corrected chi connectivity index (χ3v) is 3.70. The number of hydrogen-bond donors (Lipinski definition) is 1. The molecule has 2 rings (SSSR count). The second kappa shape index (κ2) is 6.39. The molecule has 0 amide bonds. The predicted octanol–water partition coefficient (Wildman–Crippen LogP) is 3.31. The summed E-state index contributed by atoms with van der Waals surface area (Å²) in [7, 11) is 0. The molecule has 1 atom stereocenters. The summed E-state index contributed by atoms with van der Waals surface area (Å²) in [4.78, 5) is 2.28. The normalized spacial score (nSPS) is 19.5. The quantitative estimate of drug-likeness (QED) is 0.826. The van der Waals surface area contributed by atoms with Gasteiger partial charge < -0.3 is 10.2 Å². The van der Waals surface area contributed by atoms with Gasteiger partial charge >= 0.3 is 0 Å². The first-order valence-electron chi connectivity index (χ1n) is 6.61. The first kappa shape index (κ1) is 13.6. The molecule has 1 fully saturated rings. The van der Waals surface area contributed by atoms with Gasteiger partial charge in [0.15, 0.2) is 0 Å². The van der Waals surface area contributed by atoms with E-state index in [4.69, 9.17) is 11.6 Å². The van der Waals surface area contributed by atoms with Crippen molar-refractivity contribution in [1.82, 2.24) is 5.32 Å². The van der Waals surface area contributed by atoms with Crippen LogP contribution < -0.4 is 10.2 Å². The third kappa shape index (κ3) is 3.36. The Morgan fingerprint density at radius 3 is 3.06 bits per heavy atom. The Balaban J connectivity index is 1.89. The fraction of sp³-hybridized carbons (Fsp3) is 0.571. The van der Waals surface area contributed by atoms with E-state index in [2.05, 4.69) is 17.1 Å². The molecule has 0 radical (unpaired) electrons. The van der Waals surface area contributed by atoms with Crippen molar-refractivity contribution in [1.29, 1.82) is 0 Å². The lowest BCUT2D eigenvalue weighted by molar-refractivity contribution is 0.516. The molecular formula is C14H20ClFN2. The fourth-order valence-corrected chi connectivity index (χ4v) is 2.57. The zero-order chi connectivity index (χ0) is 13.0. The molecule has 1 N–H and O–H groups in total. The van der Waals surface area contributed by atoms with Crippen LogP contribution in [-0.2, 0) is 0 Å². The third-order valence-electron chi connectivity index (χ3n) is 3.41. The summed E-state index contributed by atoms with van der Waals surface area (Å²) in [5, 5.41) is 3.67. The first-order chi connectivity index (χ1) is 8.70. The van der Waals surface area contributed by atoms with Crippen molar-refractivity contribution in [3.8, 4) is 0 Å². The lowest BCUT2D eigenvalue weighted by Crippen LogP contribution is -2.26. The maximum atomic E-state index is 13.1. The predicted molar refractivity (Wildman–Crippen MR) is 74.9 cm³/mol. The molecule has 0 saturated carbocycles. The minimum absolute atomic E-state index is 0.208. The van der Waals surface area contributed by atoms with E-state index in [1.54, 1.807) is 6.07 Å². The van der Waals surface area contributed by atoms with E-state index in [0.717, 1.165) is 31.9 Å². The van der Waals surface area contributed by atoms with Crippen molar-refractivity contribution in [3.63, 3.8) is 0 Å². The monoisotopic (exact) mass is 270 g/mol. The summed E-state index contributed by atoms with van der Waals surface area (Å²) in [6.45, 7) is 6.38. The maximum Gasteiger partial charge on any atom is 0.141 e. The van der Waals surface area contributed by atoms with Gasteiger partial charge in [-0.3, -0.25) is 0 Å². The topological polar surface area (TPSA) is 15.3 Å². The van der Waals surface area contributed by atoms with E-state index in [1.807, 2.05) is 6.07 Å². The number of rotatable bonds is 5. The molecule has 0 spiro atoms. The van der Waals surface area contributed by atoms with Crippen LogP contribution >= 0.6 is 11.6 Å². The lowest BCUT2D eigenvalue weighted by Gasteiger charge is -2.19. The molecule has 1 aliphatic heterocycles. The molecule has 18 heavy (non-hydrogen) atoms. The summed E-state index contributed by atoms with van der Waals surface area (Å²) >= 11 is 5.82. The van der Waals surface area contributed by atoms with E-state index in [-0.39, 0.29) is 10.8 Å². The first-order valence-corrected chi connectivity index (χ1v) is 6.99. The second-order valence-corrected chi connectivity index (χ2v) is 5.31. The van der Waals surface area contributed by atoms with Gasteiger partial charge in [-0.25, -0.2) is 4.39 Å². The Morgan fingerprint density at radius 1 is 1.50 bits per heavy atom. The average molecular weight is 271 g/mol. The lowest BCUT2D eigenvalue weighted by atomic mass is 10.1. The Hall–Kier alpha value is -0.800. The molecular weight excluding hydrogens is 251 g/mol. The van der Waals surface area contributed by atoms with Crippen LogP contribution in [0.1, 0.15) is 19.8 Å². The van der Waals surface area contributed by atoms with Crippen molar-refractivity contribution < 1.29 is 4.39 Å². The maximum absolute atomic E-state index is 13.1. The Bertz CT molecular complexity index is 397. The molecule has 1 aromatic carbocycles. The summed E-state index contributed by atoms with van der Waals surface area (Å²) < 4.78 is 13.1. The molecule has 1 saturated heterocycles. The number of nitrogens with zero attached hydrogens (tertiary/aromatic N) is 1. The van der Waals surface area contributed by atoms with Gasteiger partial charge in [-0.05, 0) is 50.0 Å². The Morgan fingerprint density at radius 2 is 2.33 bits per heavy atom.